The van der Waals surface area contributed by atoms with Gasteiger partial charge in [-0.15, -0.1) is 0 Å². The lowest BCUT2D eigenvalue weighted by molar-refractivity contribution is -0.173. The van der Waals surface area contributed by atoms with E-state index in [1.807, 2.05) is 37.3 Å². The highest BCUT2D eigenvalue weighted by atomic mass is 19.4. The third-order valence-electron chi connectivity index (χ3n) is 3.22. The van der Waals surface area contributed by atoms with Crippen molar-refractivity contribution in [3.05, 3.63) is 35.9 Å². The molecule has 0 spiro atoms. The van der Waals surface area contributed by atoms with E-state index in [9.17, 15) is 18.3 Å². The number of ether oxygens (including phenoxy) is 1. The van der Waals surface area contributed by atoms with Crippen LogP contribution in [0.2, 0.25) is 0 Å². The van der Waals surface area contributed by atoms with Crippen LogP contribution in [0.5, 0.6) is 0 Å². The minimum Gasteiger partial charge on any atom is -0.388 e. The zero-order valence-electron chi connectivity index (χ0n) is 14.4. The SMILES string of the molecule is CCNC(=NCCCOCC(F)(F)F)NCCC(O)c1ccccc1. The van der Waals surface area contributed by atoms with Gasteiger partial charge in [-0.2, -0.15) is 13.2 Å². The third-order valence-corrected chi connectivity index (χ3v) is 3.22. The predicted octanol–water partition coefficient (Wildman–Crippen LogP) is 2.63. The van der Waals surface area contributed by atoms with Crippen molar-refractivity contribution in [1.82, 2.24) is 10.6 Å². The van der Waals surface area contributed by atoms with Crippen LogP contribution >= 0.6 is 0 Å². The van der Waals surface area contributed by atoms with Crippen LogP contribution in [0.1, 0.15) is 31.4 Å². The van der Waals surface area contributed by atoms with Gasteiger partial charge >= 0.3 is 6.18 Å². The van der Waals surface area contributed by atoms with Crippen LogP contribution in [0.15, 0.2) is 35.3 Å². The van der Waals surface area contributed by atoms with E-state index in [4.69, 9.17) is 0 Å². The van der Waals surface area contributed by atoms with Gasteiger partial charge in [0.2, 0.25) is 0 Å². The summed E-state index contributed by atoms with van der Waals surface area (Å²) in [5.74, 6) is 0.568. The fraction of sp³-hybridized carbons (Fsp3) is 0.588. The molecule has 142 valence electrons. The Morgan fingerprint density at radius 2 is 1.96 bits per heavy atom. The first-order chi connectivity index (χ1) is 11.9. The van der Waals surface area contributed by atoms with Gasteiger partial charge in [0.25, 0.3) is 0 Å². The molecule has 0 aliphatic carbocycles. The maximum Gasteiger partial charge on any atom is 0.411 e. The van der Waals surface area contributed by atoms with E-state index in [0.717, 1.165) is 5.56 Å². The minimum atomic E-state index is -4.29. The van der Waals surface area contributed by atoms with E-state index in [0.29, 0.717) is 38.4 Å². The lowest BCUT2D eigenvalue weighted by Gasteiger charge is -2.14. The van der Waals surface area contributed by atoms with Crippen molar-refractivity contribution in [2.45, 2.75) is 32.0 Å². The zero-order valence-corrected chi connectivity index (χ0v) is 14.4. The van der Waals surface area contributed by atoms with Crippen molar-refractivity contribution in [3.8, 4) is 0 Å². The van der Waals surface area contributed by atoms with E-state index in [-0.39, 0.29) is 6.61 Å². The van der Waals surface area contributed by atoms with Crippen molar-refractivity contribution in [1.29, 1.82) is 0 Å². The Kier molecular flexibility index (Phi) is 9.94. The number of nitrogens with zero attached hydrogens (tertiary/aromatic N) is 1. The molecule has 0 aliphatic rings. The highest BCUT2D eigenvalue weighted by Gasteiger charge is 2.27. The molecular formula is C17H26F3N3O2. The summed E-state index contributed by atoms with van der Waals surface area (Å²) in [5.41, 5.74) is 0.855. The molecule has 8 heteroatoms. The van der Waals surface area contributed by atoms with Crippen molar-refractivity contribution in [2.24, 2.45) is 4.99 Å². The summed E-state index contributed by atoms with van der Waals surface area (Å²) in [4.78, 5) is 4.27. The molecule has 5 nitrogen and oxygen atoms in total. The average Bonchev–Trinajstić information content (AvgIpc) is 2.57. The molecule has 1 unspecified atom stereocenters. The summed E-state index contributed by atoms with van der Waals surface area (Å²) in [5, 5.41) is 16.2. The standard InChI is InChI=1S/C17H26F3N3O2/c1-2-21-16(22-10-6-12-25-13-17(18,19)20)23-11-9-15(24)14-7-4-3-5-8-14/h3-5,7-8,15,24H,2,6,9-13H2,1H3,(H2,21,22,23). The van der Waals surface area contributed by atoms with Gasteiger partial charge in [0.15, 0.2) is 5.96 Å². The molecule has 25 heavy (non-hydrogen) atoms. The smallest absolute Gasteiger partial charge is 0.388 e. The lowest BCUT2D eigenvalue weighted by atomic mass is 10.1. The topological polar surface area (TPSA) is 65.9 Å². The molecule has 0 saturated carbocycles. The molecule has 0 aromatic heterocycles. The third kappa shape index (κ3) is 10.6. The molecule has 0 aliphatic heterocycles. The molecule has 1 atom stereocenters. The molecule has 1 aromatic rings. The van der Waals surface area contributed by atoms with E-state index in [1.54, 1.807) is 0 Å². The molecule has 1 aromatic carbocycles. The van der Waals surface area contributed by atoms with Crippen molar-refractivity contribution in [3.63, 3.8) is 0 Å². The van der Waals surface area contributed by atoms with E-state index in [1.165, 1.54) is 0 Å². The van der Waals surface area contributed by atoms with Gasteiger partial charge in [0.05, 0.1) is 6.10 Å². The van der Waals surface area contributed by atoms with Crippen LogP contribution in [-0.4, -0.2) is 50.1 Å². The predicted molar refractivity (Wildman–Crippen MR) is 91.5 cm³/mol. The Morgan fingerprint density at radius 1 is 1.24 bits per heavy atom. The second-order valence-electron chi connectivity index (χ2n) is 5.42. The van der Waals surface area contributed by atoms with Gasteiger partial charge < -0.3 is 20.5 Å². The first-order valence-electron chi connectivity index (χ1n) is 8.32. The normalized spacial score (nSPS) is 13.6. The van der Waals surface area contributed by atoms with Gasteiger partial charge in [-0.25, -0.2) is 0 Å². The Balaban J connectivity index is 2.26. The van der Waals surface area contributed by atoms with Gasteiger partial charge in [0, 0.05) is 26.2 Å². The van der Waals surface area contributed by atoms with E-state index in [2.05, 4.69) is 20.4 Å². The number of nitrogens with one attached hydrogen (secondary N) is 2. The van der Waals surface area contributed by atoms with Crippen LogP contribution in [-0.2, 0) is 4.74 Å². The molecule has 0 bridgehead atoms. The summed E-state index contributed by atoms with van der Waals surface area (Å²) >= 11 is 0. The van der Waals surface area contributed by atoms with Crippen molar-refractivity contribution < 1.29 is 23.0 Å². The number of alkyl halides is 3. The largest absolute Gasteiger partial charge is 0.411 e. The fourth-order valence-corrected chi connectivity index (χ4v) is 2.06. The summed E-state index contributed by atoms with van der Waals surface area (Å²) in [6.07, 6.45) is -3.94. The van der Waals surface area contributed by atoms with Crippen LogP contribution in [0.3, 0.4) is 0 Å². The minimum absolute atomic E-state index is 0.00906. The Bertz CT molecular complexity index is 496. The Morgan fingerprint density at radius 3 is 2.60 bits per heavy atom. The van der Waals surface area contributed by atoms with Crippen LogP contribution in [0.4, 0.5) is 13.2 Å². The number of halogens is 3. The fourth-order valence-electron chi connectivity index (χ4n) is 2.06. The van der Waals surface area contributed by atoms with E-state index < -0.39 is 18.9 Å². The Labute approximate surface area is 146 Å². The number of aliphatic imine (C=N–C) groups is 1. The quantitative estimate of drug-likeness (QED) is 0.341. The number of hydrogen-bond donors (Lipinski definition) is 3. The molecular weight excluding hydrogens is 335 g/mol. The maximum atomic E-state index is 11.9. The van der Waals surface area contributed by atoms with E-state index >= 15 is 0 Å². The summed E-state index contributed by atoms with van der Waals surface area (Å²) in [7, 11) is 0. The van der Waals surface area contributed by atoms with Crippen molar-refractivity contribution >= 4 is 5.96 Å². The van der Waals surface area contributed by atoms with Gasteiger partial charge in [-0.05, 0) is 25.3 Å². The summed E-state index contributed by atoms with van der Waals surface area (Å²) in [6, 6.07) is 9.37. The second kappa shape index (κ2) is 11.7. The first-order valence-corrected chi connectivity index (χ1v) is 8.32. The van der Waals surface area contributed by atoms with Crippen LogP contribution in [0.25, 0.3) is 0 Å². The molecule has 0 radical (unpaired) electrons. The first kappa shape index (κ1) is 21.2. The highest BCUT2D eigenvalue weighted by molar-refractivity contribution is 5.79. The molecule has 0 fully saturated rings. The number of rotatable bonds is 10. The molecule has 0 amide bonds. The number of aliphatic hydroxyl groups is 1. The van der Waals surface area contributed by atoms with Crippen molar-refractivity contribution in [2.75, 3.05) is 32.8 Å². The number of aliphatic hydroxyl groups excluding tert-OH is 1. The second-order valence-corrected chi connectivity index (χ2v) is 5.42. The highest BCUT2D eigenvalue weighted by Crippen LogP contribution is 2.15. The number of benzene rings is 1. The molecule has 3 N–H and O–H groups in total. The maximum absolute atomic E-state index is 11.9. The summed E-state index contributed by atoms with van der Waals surface area (Å²) in [6.45, 7) is 2.24. The Hall–Kier alpha value is -1.80. The molecule has 0 heterocycles. The lowest BCUT2D eigenvalue weighted by Crippen LogP contribution is -2.38. The van der Waals surface area contributed by atoms with Gasteiger partial charge in [-0.1, -0.05) is 30.3 Å². The summed E-state index contributed by atoms with van der Waals surface area (Å²) < 4.78 is 40.3. The van der Waals surface area contributed by atoms with Gasteiger partial charge in [-0.3, -0.25) is 4.99 Å². The zero-order chi connectivity index (χ0) is 18.5. The monoisotopic (exact) mass is 361 g/mol. The molecule has 1 rings (SSSR count). The molecule has 0 saturated heterocycles. The average molecular weight is 361 g/mol. The van der Waals surface area contributed by atoms with Gasteiger partial charge in [0.1, 0.15) is 6.61 Å². The number of hydrogen-bond acceptors (Lipinski definition) is 3. The number of guanidine groups is 1. The van der Waals surface area contributed by atoms with Crippen LogP contribution < -0.4 is 10.6 Å². The van der Waals surface area contributed by atoms with Crippen LogP contribution in [0, 0.1) is 0 Å².